The molecule has 0 saturated carbocycles. The van der Waals surface area contributed by atoms with Crippen LogP contribution in [0.5, 0.6) is 0 Å². The van der Waals surface area contributed by atoms with E-state index in [0.29, 0.717) is 15.9 Å². The third-order valence-corrected chi connectivity index (χ3v) is 2.95. The Kier molecular flexibility index (Phi) is 2.64. The molecule has 2 heterocycles. The number of H-pyrrole nitrogens is 1. The van der Waals surface area contributed by atoms with E-state index >= 15 is 0 Å². The number of nitrogens with one attached hydrogen (secondary N) is 1. The molecule has 0 unspecified atom stereocenters. The van der Waals surface area contributed by atoms with Gasteiger partial charge in [0.25, 0.3) is 0 Å². The summed E-state index contributed by atoms with van der Waals surface area (Å²) in [5, 5.41) is 12.0. The minimum atomic E-state index is 0.652. The second kappa shape index (κ2) is 3.93. The molecule has 74 valence electrons. The Morgan fingerprint density at radius 3 is 3.00 bits per heavy atom. The Bertz CT molecular complexity index is 421. The van der Waals surface area contributed by atoms with Crippen LogP contribution in [-0.4, -0.2) is 24.8 Å². The molecular formula is C6H8N6S2. The lowest BCUT2D eigenvalue weighted by Gasteiger charge is -1.92. The van der Waals surface area contributed by atoms with Crippen molar-refractivity contribution in [1.82, 2.24) is 24.8 Å². The molecule has 0 spiro atoms. The number of anilines is 1. The van der Waals surface area contributed by atoms with Crippen LogP contribution in [-0.2, 0) is 5.75 Å². The molecule has 0 bridgehead atoms. The van der Waals surface area contributed by atoms with Gasteiger partial charge in [0.1, 0.15) is 16.5 Å². The Morgan fingerprint density at radius 1 is 1.57 bits per heavy atom. The van der Waals surface area contributed by atoms with Crippen LogP contribution in [0.2, 0.25) is 0 Å². The zero-order valence-electron chi connectivity index (χ0n) is 7.39. The molecule has 0 aromatic carbocycles. The minimum Gasteiger partial charge on any atom is -0.388 e. The summed E-state index contributed by atoms with van der Waals surface area (Å²) < 4.78 is 3.74. The number of rotatable bonds is 3. The summed E-state index contributed by atoms with van der Waals surface area (Å²) in [4.78, 5) is 4.15. The molecule has 3 N–H and O–H groups in total. The van der Waals surface area contributed by atoms with Crippen LogP contribution in [0.3, 0.4) is 0 Å². The van der Waals surface area contributed by atoms with Crippen molar-refractivity contribution in [3.05, 3.63) is 11.5 Å². The van der Waals surface area contributed by atoms with Crippen LogP contribution >= 0.6 is 23.3 Å². The van der Waals surface area contributed by atoms with Crippen molar-refractivity contribution in [3.8, 4) is 0 Å². The maximum absolute atomic E-state index is 5.64. The molecule has 0 saturated heterocycles. The normalized spacial score (nSPS) is 10.6. The molecule has 2 aromatic heterocycles. The van der Waals surface area contributed by atoms with Crippen molar-refractivity contribution in [1.29, 1.82) is 0 Å². The van der Waals surface area contributed by atoms with Gasteiger partial charge in [-0.05, 0) is 6.92 Å². The highest BCUT2D eigenvalue weighted by Crippen LogP contribution is 2.22. The molecule has 0 radical (unpaired) electrons. The van der Waals surface area contributed by atoms with Gasteiger partial charge >= 0.3 is 0 Å². The van der Waals surface area contributed by atoms with Gasteiger partial charge in [0.05, 0.1) is 0 Å². The molecule has 14 heavy (non-hydrogen) atoms. The van der Waals surface area contributed by atoms with Crippen molar-refractivity contribution in [3.63, 3.8) is 0 Å². The zero-order valence-corrected chi connectivity index (χ0v) is 9.02. The third kappa shape index (κ3) is 2.02. The first-order valence-electron chi connectivity index (χ1n) is 3.84. The summed E-state index contributed by atoms with van der Waals surface area (Å²) in [6.45, 7) is 1.86. The third-order valence-electron chi connectivity index (χ3n) is 1.50. The number of nitrogen functional groups attached to an aromatic ring is 1. The Balaban J connectivity index is 1.98. The van der Waals surface area contributed by atoms with Crippen molar-refractivity contribution in [2.75, 3.05) is 5.73 Å². The number of thioether (sulfide) groups is 1. The number of aromatic nitrogens is 5. The summed E-state index contributed by atoms with van der Waals surface area (Å²) in [5.41, 5.74) is 6.44. The number of hydrogen-bond acceptors (Lipinski definition) is 7. The van der Waals surface area contributed by atoms with E-state index in [-0.39, 0.29) is 0 Å². The smallest absolute Gasteiger partial charge is 0.208 e. The first-order chi connectivity index (χ1) is 6.75. The molecule has 0 amide bonds. The minimum absolute atomic E-state index is 0.652. The molecule has 0 fully saturated rings. The second-order valence-electron chi connectivity index (χ2n) is 2.58. The van der Waals surface area contributed by atoms with Crippen molar-refractivity contribution in [2.24, 2.45) is 0 Å². The molecule has 2 rings (SSSR count). The van der Waals surface area contributed by atoms with E-state index in [1.807, 2.05) is 6.92 Å². The lowest BCUT2D eigenvalue weighted by Crippen LogP contribution is -1.89. The molecule has 0 atom stereocenters. The Labute approximate surface area is 88.5 Å². The average molecular weight is 228 g/mol. The molecule has 8 heteroatoms. The average Bonchev–Trinajstić information content (AvgIpc) is 2.72. The number of aromatic amines is 1. The molecule has 6 nitrogen and oxygen atoms in total. The Morgan fingerprint density at radius 2 is 2.43 bits per heavy atom. The lowest BCUT2D eigenvalue weighted by molar-refractivity contribution is 0.966. The van der Waals surface area contributed by atoms with E-state index in [0.717, 1.165) is 11.5 Å². The standard InChI is InChI=1S/C6H8N6S2/c1-3-8-6(11-9-3)13-2-4-5(7)14-12-10-4/h2,7H2,1H3,(H,8,9,11). The topological polar surface area (TPSA) is 93.4 Å². The van der Waals surface area contributed by atoms with Crippen molar-refractivity contribution < 1.29 is 0 Å². The first-order valence-corrected chi connectivity index (χ1v) is 5.60. The van der Waals surface area contributed by atoms with Gasteiger partial charge in [0.2, 0.25) is 5.16 Å². The van der Waals surface area contributed by atoms with Crippen molar-refractivity contribution >= 4 is 28.3 Å². The van der Waals surface area contributed by atoms with Crippen molar-refractivity contribution in [2.45, 2.75) is 17.8 Å². The predicted molar refractivity (Wildman–Crippen MR) is 55.0 cm³/mol. The van der Waals surface area contributed by atoms with Gasteiger partial charge in [-0.2, -0.15) is 0 Å². The van der Waals surface area contributed by atoms with E-state index in [1.165, 1.54) is 23.3 Å². The maximum atomic E-state index is 5.64. The maximum Gasteiger partial charge on any atom is 0.208 e. The number of aryl methyl sites for hydroxylation is 1. The highest BCUT2D eigenvalue weighted by Gasteiger charge is 2.07. The number of nitrogens with two attached hydrogens (primary N) is 1. The van der Waals surface area contributed by atoms with Gasteiger partial charge in [0.15, 0.2) is 0 Å². The van der Waals surface area contributed by atoms with E-state index in [4.69, 9.17) is 5.73 Å². The van der Waals surface area contributed by atoms with Gasteiger partial charge in [-0.25, -0.2) is 4.98 Å². The predicted octanol–water partition coefficient (Wildman–Crippen LogP) is 0.839. The van der Waals surface area contributed by atoms with Gasteiger partial charge in [-0.1, -0.05) is 16.3 Å². The quantitative estimate of drug-likeness (QED) is 0.756. The van der Waals surface area contributed by atoms with Crippen LogP contribution in [0.1, 0.15) is 11.5 Å². The highest BCUT2D eigenvalue weighted by molar-refractivity contribution is 7.98. The summed E-state index contributed by atoms with van der Waals surface area (Å²) in [6.07, 6.45) is 0. The van der Waals surface area contributed by atoms with E-state index < -0.39 is 0 Å². The molecule has 0 aliphatic rings. The van der Waals surface area contributed by atoms with Crippen LogP contribution < -0.4 is 5.73 Å². The summed E-state index contributed by atoms with van der Waals surface area (Å²) >= 11 is 2.68. The van der Waals surface area contributed by atoms with Gasteiger partial charge < -0.3 is 5.73 Å². The lowest BCUT2D eigenvalue weighted by atomic mass is 10.5. The van der Waals surface area contributed by atoms with Crippen LogP contribution in [0, 0.1) is 6.92 Å². The fourth-order valence-corrected chi connectivity index (χ4v) is 2.16. The van der Waals surface area contributed by atoms with Crippen LogP contribution in [0.25, 0.3) is 0 Å². The Hall–Kier alpha value is -1.15. The van der Waals surface area contributed by atoms with Gasteiger partial charge in [0, 0.05) is 17.3 Å². The van der Waals surface area contributed by atoms with E-state index in [9.17, 15) is 0 Å². The largest absolute Gasteiger partial charge is 0.388 e. The summed E-state index contributed by atoms with van der Waals surface area (Å²) in [7, 11) is 0. The van der Waals surface area contributed by atoms with Crippen LogP contribution in [0.4, 0.5) is 5.00 Å². The molecular weight excluding hydrogens is 220 g/mol. The SMILES string of the molecule is Cc1nc(SCc2nnsc2N)n[nH]1. The van der Waals surface area contributed by atoms with E-state index in [2.05, 4.69) is 24.8 Å². The fraction of sp³-hybridized carbons (Fsp3) is 0.333. The zero-order chi connectivity index (χ0) is 9.97. The summed E-state index contributed by atoms with van der Waals surface area (Å²) in [6, 6.07) is 0. The van der Waals surface area contributed by atoms with E-state index in [1.54, 1.807) is 0 Å². The van der Waals surface area contributed by atoms with Gasteiger partial charge in [-0.3, -0.25) is 5.10 Å². The van der Waals surface area contributed by atoms with Gasteiger partial charge in [-0.15, -0.1) is 10.2 Å². The monoisotopic (exact) mass is 228 g/mol. The molecule has 2 aromatic rings. The number of hydrogen-bond donors (Lipinski definition) is 2. The first kappa shape index (κ1) is 9.41. The summed E-state index contributed by atoms with van der Waals surface area (Å²) in [5.74, 6) is 1.46. The second-order valence-corrected chi connectivity index (χ2v) is 4.30. The molecule has 0 aliphatic heterocycles. The fourth-order valence-electron chi connectivity index (χ4n) is 0.835. The number of nitrogens with zero attached hydrogens (tertiary/aromatic N) is 4. The molecule has 0 aliphatic carbocycles. The highest BCUT2D eigenvalue weighted by atomic mass is 32.2. The van der Waals surface area contributed by atoms with Crippen LogP contribution in [0.15, 0.2) is 5.16 Å².